The number of nitrogens with one attached hydrogen (secondary N) is 1. The zero-order valence-corrected chi connectivity index (χ0v) is 13.9. The molecule has 20 heavy (non-hydrogen) atoms. The lowest BCUT2D eigenvalue weighted by atomic mass is 9.93. The molecule has 3 atom stereocenters. The van der Waals surface area contributed by atoms with E-state index in [9.17, 15) is 0 Å². The first-order valence-corrected chi connectivity index (χ1v) is 8.44. The summed E-state index contributed by atoms with van der Waals surface area (Å²) >= 11 is 0. The van der Waals surface area contributed by atoms with Crippen LogP contribution in [0.25, 0.3) is 0 Å². The van der Waals surface area contributed by atoms with Gasteiger partial charge in [-0.15, -0.1) is 0 Å². The number of nitrogens with zero attached hydrogens (tertiary/aromatic N) is 3. The molecule has 2 rings (SSSR count). The largest absolute Gasteiger partial charge is 0.314 e. The van der Waals surface area contributed by atoms with Crippen LogP contribution in [0, 0.1) is 5.92 Å². The molecule has 0 amide bonds. The third-order valence-corrected chi connectivity index (χ3v) is 5.10. The van der Waals surface area contributed by atoms with Crippen molar-refractivity contribution in [3.8, 4) is 0 Å². The van der Waals surface area contributed by atoms with Crippen LogP contribution >= 0.6 is 0 Å². The van der Waals surface area contributed by atoms with Crippen molar-refractivity contribution >= 4 is 0 Å². The van der Waals surface area contributed by atoms with E-state index in [1.54, 1.807) is 0 Å². The Hall–Kier alpha value is -0.160. The zero-order chi connectivity index (χ0) is 14.5. The Morgan fingerprint density at radius 3 is 2.60 bits per heavy atom. The fourth-order valence-corrected chi connectivity index (χ4v) is 3.63. The highest BCUT2D eigenvalue weighted by atomic mass is 15.3. The summed E-state index contributed by atoms with van der Waals surface area (Å²) in [6, 6.07) is 1.44. The van der Waals surface area contributed by atoms with Crippen LogP contribution in [0.1, 0.15) is 26.7 Å². The Bertz CT molecular complexity index is 284. The minimum Gasteiger partial charge on any atom is -0.314 e. The summed E-state index contributed by atoms with van der Waals surface area (Å²) in [5.74, 6) is 0.780. The van der Waals surface area contributed by atoms with Crippen molar-refractivity contribution in [3.63, 3.8) is 0 Å². The van der Waals surface area contributed by atoms with Gasteiger partial charge < -0.3 is 15.1 Å². The molecule has 0 radical (unpaired) electrons. The van der Waals surface area contributed by atoms with E-state index < -0.39 is 0 Å². The van der Waals surface area contributed by atoms with Crippen molar-refractivity contribution in [3.05, 3.63) is 0 Å². The van der Waals surface area contributed by atoms with E-state index in [-0.39, 0.29) is 0 Å². The molecule has 1 N–H and O–H groups in total. The Morgan fingerprint density at radius 1 is 1.10 bits per heavy atom. The van der Waals surface area contributed by atoms with Crippen LogP contribution in [-0.4, -0.2) is 86.7 Å². The van der Waals surface area contributed by atoms with E-state index in [4.69, 9.17) is 0 Å². The number of rotatable bonds is 5. The molecule has 2 aliphatic heterocycles. The Kier molecular flexibility index (Phi) is 6.27. The molecule has 0 aliphatic carbocycles. The molecule has 3 unspecified atom stereocenters. The predicted molar refractivity (Wildman–Crippen MR) is 86.2 cm³/mol. The lowest BCUT2D eigenvalue weighted by Gasteiger charge is -2.43. The summed E-state index contributed by atoms with van der Waals surface area (Å²) in [5, 5.41) is 3.72. The van der Waals surface area contributed by atoms with Crippen LogP contribution in [0.5, 0.6) is 0 Å². The Morgan fingerprint density at radius 2 is 1.90 bits per heavy atom. The predicted octanol–water partition coefficient (Wildman–Crippen LogP) is 0.942. The SMILES string of the molecule is CCCNC1CCN(CC2CN(C)CCN2C)CC1C. The standard InChI is InChI=1S/C16H34N4/c1-5-7-17-16-6-8-20(11-14(16)2)13-15-12-18(3)9-10-19(15)4/h14-17H,5-13H2,1-4H3. The van der Waals surface area contributed by atoms with Crippen molar-refractivity contribution < 1.29 is 0 Å². The molecule has 2 fully saturated rings. The number of piperazine rings is 1. The number of piperidine rings is 1. The summed E-state index contributed by atoms with van der Waals surface area (Å²) in [5.41, 5.74) is 0. The van der Waals surface area contributed by atoms with Gasteiger partial charge in [0.2, 0.25) is 0 Å². The molecule has 0 spiro atoms. The number of hydrogen-bond donors (Lipinski definition) is 1. The van der Waals surface area contributed by atoms with Gasteiger partial charge in [-0.05, 0) is 45.9 Å². The highest BCUT2D eigenvalue weighted by Crippen LogP contribution is 2.18. The topological polar surface area (TPSA) is 21.8 Å². The van der Waals surface area contributed by atoms with Gasteiger partial charge in [0.25, 0.3) is 0 Å². The molecule has 2 aliphatic rings. The molecular formula is C16H34N4. The van der Waals surface area contributed by atoms with Gasteiger partial charge in [0.1, 0.15) is 0 Å². The zero-order valence-electron chi connectivity index (χ0n) is 13.9. The first-order chi connectivity index (χ1) is 9.60. The van der Waals surface area contributed by atoms with Gasteiger partial charge in [-0.3, -0.25) is 4.90 Å². The third-order valence-electron chi connectivity index (χ3n) is 5.10. The molecule has 2 heterocycles. The molecule has 0 saturated carbocycles. The summed E-state index contributed by atoms with van der Waals surface area (Å²) in [7, 11) is 4.54. The van der Waals surface area contributed by atoms with Gasteiger partial charge in [-0.25, -0.2) is 0 Å². The average Bonchev–Trinajstić information content (AvgIpc) is 2.42. The van der Waals surface area contributed by atoms with Crippen molar-refractivity contribution in [2.24, 2.45) is 5.92 Å². The Labute approximate surface area is 125 Å². The number of likely N-dealkylation sites (N-methyl/N-ethyl adjacent to an activating group) is 2. The van der Waals surface area contributed by atoms with Crippen LogP contribution in [0.15, 0.2) is 0 Å². The van der Waals surface area contributed by atoms with Gasteiger partial charge in [0, 0.05) is 44.8 Å². The summed E-state index contributed by atoms with van der Waals surface area (Å²) in [6.45, 7) is 13.3. The van der Waals surface area contributed by atoms with E-state index in [0.717, 1.165) is 12.0 Å². The van der Waals surface area contributed by atoms with Gasteiger partial charge in [-0.1, -0.05) is 13.8 Å². The first kappa shape index (κ1) is 16.2. The van der Waals surface area contributed by atoms with Crippen molar-refractivity contribution in [1.82, 2.24) is 20.0 Å². The monoisotopic (exact) mass is 282 g/mol. The van der Waals surface area contributed by atoms with Crippen LogP contribution < -0.4 is 5.32 Å². The van der Waals surface area contributed by atoms with Crippen molar-refractivity contribution in [1.29, 1.82) is 0 Å². The minimum absolute atomic E-state index is 0.709. The van der Waals surface area contributed by atoms with E-state index >= 15 is 0 Å². The normalized spacial score (nSPS) is 34.5. The van der Waals surface area contributed by atoms with E-state index in [2.05, 4.69) is 48.0 Å². The minimum atomic E-state index is 0.709. The quantitative estimate of drug-likeness (QED) is 0.810. The van der Waals surface area contributed by atoms with Crippen LogP contribution in [-0.2, 0) is 0 Å². The molecule has 0 bridgehead atoms. The van der Waals surface area contributed by atoms with E-state index in [1.807, 2.05) is 0 Å². The molecule has 2 saturated heterocycles. The number of hydrogen-bond acceptors (Lipinski definition) is 4. The van der Waals surface area contributed by atoms with E-state index in [1.165, 1.54) is 58.7 Å². The van der Waals surface area contributed by atoms with Crippen LogP contribution in [0.4, 0.5) is 0 Å². The molecule has 0 aromatic rings. The Balaban J connectivity index is 1.77. The lowest BCUT2D eigenvalue weighted by Crippen LogP contribution is -2.57. The molecule has 118 valence electrons. The fourth-order valence-electron chi connectivity index (χ4n) is 3.63. The van der Waals surface area contributed by atoms with Crippen molar-refractivity contribution in [2.45, 2.75) is 38.8 Å². The van der Waals surface area contributed by atoms with Gasteiger partial charge >= 0.3 is 0 Å². The highest BCUT2D eigenvalue weighted by molar-refractivity contribution is 4.87. The van der Waals surface area contributed by atoms with E-state index in [0.29, 0.717) is 6.04 Å². The highest BCUT2D eigenvalue weighted by Gasteiger charge is 2.29. The maximum absolute atomic E-state index is 3.72. The van der Waals surface area contributed by atoms with Gasteiger partial charge in [-0.2, -0.15) is 0 Å². The third kappa shape index (κ3) is 4.42. The summed E-state index contributed by atoms with van der Waals surface area (Å²) in [6.07, 6.45) is 2.56. The second-order valence-corrected chi connectivity index (χ2v) is 6.98. The van der Waals surface area contributed by atoms with Crippen LogP contribution in [0.3, 0.4) is 0 Å². The first-order valence-electron chi connectivity index (χ1n) is 8.44. The maximum atomic E-state index is 3.72. The lowest BCUT2D eigenvalue weighted by molar-refractivity contribution is 0.0610. The molecular weight excluding hydrogens is 248 g/mol. The van der Waals surface area contributed by atoms with Crippen molar-refractivity contribution in [2.75, 3.05) is 59.9 Å². The molecule has 0 aromatic heterocycles. The molecule has 4 nitrogen and oxygen atoms in total. The second-order valence-electron chi connectivity index (χ2n) is 6.98. The molecule has 4 heteroatoms. The van der Waals surface area contributed by atoms with Crippen LogP contribution in [0.2, 0.25) is 0 Å². The second kappa shape index (κ2) is 7.74. The number of likely N-dealkylation sites (tertiary alicyclic amines) is 1. The van der Waals surface area contributed by atoms with Gasteiger partial charge in [0.05, 0.1) is 0 Å². The van der Waals surface area contributed by atoms with Gasteiger partial charge in [0.15, 0.2) is 0 Å². The maximum Gasteiger partial charge on any atom is 0.0347 e. The molecule has 0 aromatic carbocycles. The average molecular weight is 282 g/mol. The summed E-state index contributed by atoms with van der Waals surface area (Å²) in [4.78, 5) is 7.71. The smallest absolute Gasteiger partial charge is 0.0347 e. The summed E-state index contributed by atoms with van der Waals surface area (Å²) < 4.78 is 0. The fraction of sp³-hybridized carbons (Fsp3) is 1.00.